The van der Waals surface area contributed by atoms with E-state index in [2.05, 4.69) is 9.71 Å². The Labute approximate surface area is 122 Å². The van der Waals surface area contributed by atoms with Crippen molar-refractivity contribution in [2.45, 2.75) is 18.7 Å². The summed E-state index contributed by atoms with van der Waals surface area (Å²) in [5.74, 6) is 0.164. The maximum absolute atomic E-state index is 12.4. The fourth-order valence-corrected chi connectivity index (χ4v) is 3.30. The van der Waals surface area contributed by atoms with Gasteiger partial charge in [0.15, 0.2) is 0 Å². The number of hydrogen-bond donors (Lipinski definition) is 2. The van der Waals surface area contributed by atoms with Crippen LogP contribution < -0.4 is 10.5 Å². The monoisotopic (exact) mass is 311 g/mol. The third-order valence-electron chi connectivity index (χ3n) is 2.79. The Bertz CT molecular complexity index is 760. The predicted octanol–water partition coefficient (Wildman–Crippen LogP) is 2.73. The van der Waals surface area contributed by atoms with Gasteiger partial charge in [-0.25, -0.2) is 13.4 Å². The molecule has 0 aliphatic heterocycles. The van der Waals surface area contributed by atoms with Crippen LogP contribution in [0.25, 0.3) is 0 Å². The van der Waals surface area contributed by atoms with Crippen LogP contribution in [0.1, 0.15) is 11.1 Å². The summed E-state index contributed by atoms with van der Waals surface area (Å²) in [5.41, 5.74) is 7.52. The van der Waals surface area contributed by atoms with Crippen LogP contribution in [0.4, 0.5) is 11.5 Å². The molecule has 0 saturated carbocycles. The third kappa shape index (κ3) is 3.02. The molecule has 0 aliphatic rings. The summed E-state index contributed by atoms with van der Waals surface area (Å²) in [7, 11) is -3.76. The van der Waals surface area contributed by atoms with Gasteiger partial charge in [0.05, 0.1) is 4.90 Å². The van der Waals surface area contributed by atoms with Crippen LogP contribution in [-0.2, 0) is 10.0 Å². The number of anilines is 2. The molecule has 0 spiro atoms. The van der Waals surface area contributed by atoms with E-state index in [1.807, 2.05) is 0 Å². The first-order valence-corrected chi connectivity index (χ1v) is 7.67. The number of hydrogen-bond acceptors (Lipinski definition) is 4. The van der Waals surface area contributed by atoms with Crippen LogP contribution in [0.3, 0.4) is 0 Å². The van der Waals surface area contributed by atoms with Crippen molar-refractivity contribution in [1.82, 2.24) is 4.98 Å². The number of nitrogens with two attached hydrogens (primary N) is 1. The minimum Gasteiger partial charge on any atom is -0.398 e. The van der Waals surface area contributed by atoms with Gasteiger partial charge in [-0.05, 0) is 43.2 Å². The van der Waals surface area contributed by atoms with Gasteiger partial charge in [0, 0.05) is 23.0 Å². The molecule has 0 radical (unpaired) electrons. The molecule has 0 unspecified atom stereocenters. The lowest BCUT2D eigenvalue weighted by Crippen LogP contribution is -2.16. The van der Waals surface area contributed by atoms with Gasteiger partial charge in [-0.2, -0.15) is 0 Å². The largest absolute Gasteiger partial charge is 0.398 e. The molecule has 0 fully saturated rings. The van der Waals surface area contributed by atoms with Gasteiger partial charge in [0.25, 0.3) is 10.0 Å². The van der Waals surface area contributed by atoms with Gasteiger partial charge in [-0.3, -0.25) is 4.72 Å². The lowest BCUT2D eigenvalue weighted by atomic mass is 10.1. The van der Waals surface area contributed by atoms with E-state index in [1.165, 1.54) is 12.3 Å². The molecule has 1 aromatic carbocycles. The van der Waals surface area contributed by atoms with E-state index in [0.29, 0.717) is 16.3 Å². The first-order valence-electron chi connectivity index (χ1n) is 5.81. The number of nitrogens with one attached hydrogen (secondary N) is 1. The van der Waals surface area contributed by atoms with Crippen molar-refractivity contribution < 1.29 is 8.42 Å². The fraction of sp³-hybridized carbons (Fsp3) is 0.154. The minimum absolute atomic E-state index is 0.136. The van der Waals surface area contributed by atoms with Crippen LogP contribution in [0.5, 0.6) is 0 Å². The van der Waals surface area contributed by atoms with E-state index in [-0.39, 0.29) is 10.7 Å². The van der Waals surface area contributed by atoms with Gasteiger partial charge < -0.3 is 5.73 Å². The van der Waals surface area contributed by atoms with E-state index in [0.717, 1.165) is 5.56 Å². The number of aromatic nitrogens is 1. The van der Waals surface area contributed by atoms with Gasteiger partial charge in [0.2, 0.25) is 0 Å². The molecule has 1 heterocycles. The number of benzene rings is 1. The molecule has 0 atom stereocenters. The SMILES string of the molecule is Cc1cc(N)c(C)c(S(=O)(=O)Nc2cc(Cl)ccn2)c1. The molecule has 1 aromatic heterocycles. The Balaban J connectivity index is 2.46. The van der Waals surface area contributed by atoms with Crippen LogP contribution in [-0.4, -0.2) is 13.4 Å². The first kappa shape index (κ1) is 14.6. The molecule has 0 amide bonds. The summed E-state index contributed by atoms with van der Waals surface area (Å²) in [4.78, 5) is 4.05. The second kappa shape index (κ2) is 5.30. The van der Waals surface area contributed by atoms with Gasteiger partial charge in [0.1, 0.15) is 5.82 Å². The number of nitrogen functional groups attached to an aromatic ring is 1. The quantitative estimate of drug-likeness (QED) is 0.853. The summed E-state index contributed by atoms with van der Waals surface area (Å²) >= 11 is 5.81. The molecular formula is C13H14ClN3O2S. The average molecular weight is 312 g/mol. The number of pyridine rings is 1. The first-order chi connectivity index (χ1) is 9.29. The van der Waals surface area contributed by atoms with Crippen molar-refractivity contribution >= 4 is 33.1 Å². The molecule has 2 aromatic rings. The maximum atomic E-state index is 12.4. The zero-order chi connectivity index (χ0) is 14.9. The highest BCUT2D eigenvalue weighted by molar-refractivity contribution is 7.92. The Hall–Kier alpha value is -1.79. The van der Waals surface area contributed by atoms with E-state index in [1.54, 1.807) is 32.0 Å². The van der Waals surface area contributed by atoms with Crippen molar-refractivity contribution in [3.8, 4) is 0 Å². The number of aryl methyl sites for hydroxylation is 1. The zero-order valence-electron chi connectivity index (χ0n) is 11.0. The molecule has 2 rings (SSSR count). The van der Waals surface area contributed by atoms with Crippen molar-refractivity contribution in [2.24, 2.45) is 0 Å². The highest BCUT2D eigenvalue weighted by Gasteiger charge is 2.19. The number of sulfonamides is 1. The normalized spacial score (nSPS) is 11.3. The van der Waals surface area contributed by atoms with E-state index < -0.39 is 10.0 Å². The van der Waals surface area contributed by atoms with Crippen molar-refractivity contribution in [2.75, 3.05) is 10.5 Å². The standard InChI is InChI=1S/C13H14ClN3O2S/c1-8-5-11(15)9(2)12(6-8)20(18,19)17-13-7-10(14)3-4-16-13/h3-7H,15H2,1-2H3,(H,16,17). The lowest BCUT2D eigenvalue weighted by molar-refractivity contribution is 0.600. The summed E-state index contributed by atoms with van der Waals surface area (Å²) < 4.78 is 27.2. The molecule has 20 heavy (non-hydrogen) atoms. The zero-order valence-corrected chi connectivity index (χ0v) is 12.6. The summed E-state index contributed by atoms with van der Waals surface area (Å²) in [6.07, 6.45) is 1.43. The van der Waals surface area contributed by atoms with Crippen molar-refractivity contribution in [3.63, 3.8) is 0 Å². The second-order valence-electron chi connectivity index (χ2n) is 4.44. The van der Waals surface area contributed by atoms with Crippen LogP contribution in [0.15, 0.2) is 35.4 Å². The molecule has 3 N–H and O–H groups in total. The minimum atomic E-state index is -3.76. The lowest BCUT2D eigenvalue weighted by Gasteiger charge is -2.12. The third-order valence-corrected chi connectivity index (χ3v) is 4.51. The molecule has 0 saturated heterocycles. The smallest absolute Gasteiger partial charge is 0.263 e. The molecule has 5 nitrogen and oxygen atoms in total. The highest BCUT2D eigenvalue weighted by Crippen LogP contribution is 2.25. The molecular weight excluding hydrogens is 298 g/mol. The van der Waals surface area contributed by atoms with E-state index in [9.17, 15) is 8.42 Å². The summed E-state index contributed by atoms with van der Waals surface area (Å²) in [6.45, 7) is 3.45. The fourth-order valence-electron chi connectivity index (χ4n) is 1.78. The van der Waals surface area contributed by atoms with Crippen molar-refractivity contribution in [1.29, 1.82) is 0 Å². The molecule has 0 aliphatic carbocycles. The Morgan fingerprint density at radius 2 is 1.95 bits per heavy atom. The molecule has 7 heteroatoms. The van der Waals surface area contributed by atoms with E-state index >= 15 is 0 Å². The average Bonchev–Trinajstić information content (AvgIpc) is 2.33. The molecule has 106 valence electrons. The van der Waals surface area contributed by atoms with Crippen LogP contribution in [0, 0.1) is 13.8 Å². The Morgan fingerprint density at radius 3 is 2.60 bits per heavy atom. The van der Waals surface area contributed by atoms with Crippen molar-refractivity contribution in [3.05, 3.63) is 46.6 Å². The Morgan fingerprint density at radius 1 is 1.25 bits per heavy atom. The number of rotatable bonds is 3. The van der Waals surface area contributed by atoms with Gasteiger partial charge >= 0.3 is 0 Å². The second-order valence-corrected chi connectivity index (χ2v) is 6.53. The maximum Gasteiger partial charge on any atom is 0.263 e. The number of nitrogens with zero attached hydrogens (tertiary/aromatic N) is 1. The molecule has 0 bridgehead atoms. The number of halogens is 1. The highest BCUT2D eigenvalue weighted by atomic mass is 35.5. The topological polar surface area (TPSA) is 85.1 Å². The van der Waals surface area contributed by atoms with Crippen LogP contribution in [0.2, 0.25) is 5.02 Å². The van der Waals surface area contributed by atoms with Crippen LogP contribution >= 0.6 is 11.6 Å². The van der Waals surface area contributed by atoms with Gasteiger partial charge in [-0.1, -0.05) is 11.6 Å². The van der Waals surface area contributed by atoms with Gasteiger partial charge in [-0.15, -0.1) is 0 Å². The Kier molecular flexibility index (Phi) is 3.87. The summed E-state index contributed by atoms with van der Waals surface area (Å²) in [6, 6.07) is 6.30. The summed E-state index contributed by atoms with van der Waals surface area (Å²) in [5, 5.41) is 0.401. The predicted molar refractivity (Wildman–Crippen MR) is 80.4 cm³/mol. The van der Waals surface area contributed by atoms with E-state index in [4.69, 9.17) is 17.3 Å².